The van der Waals surface area contributed by atoms with E-state index in [0.29, 0.717) is 17.1 Å². The fourth-order valence-electron chi connectivity index (χ4n) is 2.26. The van der Waals surface area contributed by atoms with Crippen LogP contribution in [-0.4, -0.2) is 50.9 Å². The van der Waals surface area contributed by atoms with Crippen LogP contribution < -0.4 is 9.47 Å². The standard InChI is InChI=1S/C18H22FNO5S/c1-20(13-18(21)14-4-3-5-17(12-14)24-2)26(22,23)11-10-25-16-8-6-15(19)7-9-16/h3-9,12,18,21H,10-11,13H2,1-2H3. The lowest BCUT2D eigenvalue weighted by Crippen LogP contribution is -2.34. The molecule has 0 radical (unpaired) electrons. The van der Waals surface area contributed by atoms with E-state index in [9.17, 15) is 17.9 Å². The van der Waals surface area contributed by atoms with E-state index in [1.54, 1.807) is 24.3 Å². The van der Waals surface area contributed by atoms with Gasteiger partial charge < -0.3 is 14.6 Å². The lowest BCUT2D eigenvalue weighted by atomic mass is 10.1. The molecular formula is C18H22FNO5S. The molecular weight excluding hydrogens is 361 g/mol. The maximum Gasteiger partial charge on any atom is 0.217 e. The number of aliphatic hydroxyl groups excluding tert-OH is 1. The molecule has 0 aromatic heterocycles. The van der Waals surface area contributed by atoms with Crippen molar-refractivity contribution in [2.45, 2.75) is 6.10 Å². The maximum absolute atomic E-state index is 12.8. The first kappa shape index (κ1) is 20.2. The van der Waals surface area contributed by atoms with E-state index in [2.05, 4.69) is 0 Å². The number of methoxy groups -OCH3 is 1. The Morgan fingerprint density at radius 2 is 1.85 bits per heavy atom. The van der Waals surface area contributed by atoms with Gasteiger partial charge >= 0.3 is 0 Å². The van der Waals surface area contributed by atoms with Gasteiger partial charge in [-0.15, -0.1) is 0 Å². The molecule has 6 nitrogen and oxygen atoms in total. The van der Waals surface area contributed by atoms with Crippen LogP contribution in [-0.2, 0) is 10.0 Å². The number of sulfonamides is 1. The van der Waals surface area contributed by atoms with E-state index >= 15 is 0 Å². The van der Waals surface area contributed by atoms with Gasteiger partial charge in [0.15, 0.2) is 0 Å². The van der Waals surface area contributed by atoms with Crippen molar-refractivity contribution in [2.75, 3.05) is 33.1 Å². The summed E-state index contributed by atoms with van der Waals surface area (Å²) in [5, 5.41) is 10.3. The monoisotopic (exact) mass is 383 g/mol. The van der Waals surface area contributed by atoms with Crippen LogP contribution in [0.1, 0.15) is 11.7 Å². The molecule has 0 aliphatic heterocycles. The first-order valence-corrected chi connectivity index (χ1v) is 9.57. The first-order chi connectivity index (χ1) is 12.3. The average molecular weight is 383 g/mol. The molecule has 0 aliphatic carbocycles. The summed E-state index contributed by atoms with van der Waals surface area (Å²) in [5.41, 5.74) is 0.564. The number of aliphatic hydroxyl groups is 1. The van der Waals surface area contributed by atoms with Gasteiger partial charge in [-0.3, -0.25) is 0 Å². The summed E-state index contributed by atoms with van der Waals surface area (Å²) in [5.74, 6) is 0.322. The zero-order chi connectivity index (χ0) is 19.2. The molecule has 0 aliphatic rings. The van der Waals surface area contributed by atoms with Crippen LogP contribution in [0.2, 0.25) is 0 Å². The molecule has 0 saturated heterocycles. The minimum absolute atomic E-state index is 0.0758. The van der Waals surface area contributed by atoms with Gasteiger partial charge in [-0.2, -0.15) is 0 Å². The Morgan fingerprint density at radius 1 is 1.15 bits per heavy atom. The molecule has 1 atom stereocenters. The largest absolute Gasteiger partial charge is 0.497 e. The van der Waals surface area contributed by atoms with E-state index in [1.165, 1.54) is 38.4 Å². The third-order valence-electron chi connectivity index (χ3n) is 3.81. The second kappa shape index (κ2) is 8.98. The predicted octanol–water partition coefficient (Wildman–Crippen LogP) is 2.21. The van der Waals surface area contributed by atoms with Gasteiger partial charge in [-0.05, 0) is 42.0 Å². The molecule has 1 N–H and O–H groups in total. The Labute approximate surface area is 152 Å². The summed E-state index contributed by atoms with van der Waals surface area (Å²) < 4.78 is 49.0. The van der Waals surface area contributed by atoms with Crippen LogP contribution in [0.5, 0.6) is 11.5 Å². The zero-order valence-electron chi connectivity index (χ0n) is 14.6. The molecule has 0 spiro atoms. The molecule has 142 valence electrons. The fraction of sp³-hybridized carbons (Fsp3) is 0.333. The summed E-state index contributed by atoms with van der Waals surface area (Å²) in [6.45, 7) is -0.167. The van der Waals surface area contributed by atoms with Crippen LogP contribution in [0.4, 0.5) is 4.39 Å². The number of benzene rings is 2. The molecule has 0 saturated carbocycles. The SMILES string of the molecule is COc1cccc(C(O)CN(C)S(=O)(=O)CCOc2ccc(F)cc2)c1. The van der Waals surface area contributed by atoms with E-state index in [1.807, 2.05) is 0 Å². The first-order valence-electron chi connectivity index (χ1n) is 7.96. The summed E-state index contributed by atoms with van der Waals surface area (Å²) in [6, 6.07) is 12.2. The highest BCUT2D eigenvalue weighted by Crippen LogP contribution is 2.20. The van der Waals surface area contributed by atoms with E-state index in [-0.39, 0.29) is 18.9 Å². The topological polar surface area (TPSA) is 76.1 Å². The molecule has 0 bridgehead atoms. The average Bonchev–Trinajstić information content (AvgIpc) is 2.63. The lowest BCUT2D eigenvalue weighted by Gasteiger charge is -2.21. The molecule has 0 amide bonds. The molecule has 2 rings (SSSR count). The van der Waals surface area contributed by atoms with E-state index in [4.69, 9.17) is 9.47 Å². The normalized spacial score (nSPS) is 12.8. The second-order valence-electron chi connectivity index (χ2n) is 5.69. The fourth-order valence-corrected chi connectivity index (χ4v) is 3.24. The predicted molar refractivity (Wildman–Crippen MR) is 96.3 cm³/mol. The number of likely N-dealkylation sites (N-methyl/N-ethyl adjacent to an activating group) is 1. The number of rotatable bonds is 9. The second-order valence-corrected chi connectivity index (χ2v) is 7.89. The minimum atomic E-state index is -3.61. The quantitative estimate of drug-likeness (QED) is 0.719. The van der Waals surface area contributed by atoms with Crippen LogP contribution in [0.15, 0.2) is 48.5 Å². The lowest BCUT2D eigenvalue weighted by molar-refractivity contribution is 0.154. The molecule has 0 fully saturated rings. The van der Waals surface area contributed by atoms with Crippen molar-refractivity contribution in [1.29, 1.82) is 0 Å². The Bertz CT molecular complexity index is 811. The highest BCUT2D eigenvalue weighted by molar-refractivity contribution is 7.89. The molecule has 2 aromatic carbocycles. The number of ether oxygens (including phenoxy) is 2. The van der Waals surface area contributed by atoms with Gasteiger partial charge in [0.2, 0.25) is 10.0 Å². The third-order valence-corrected chi connectivity index (χ3v) is 5.59. The highest BCUT2D eigenvalue weighted by Gasteiger charge is 2.22. The van der Waals surface area contributed by atoms with Gasteiger partial charge in [0.25, 0.3) is 0 Å². The minimum Gasteiger partial charge on any atom is -0.497 e. The highest BCUT2D eigenvalue weighted by atomic mass is 32.2. The van der Waals surface area contributed by atoms with Crippen LogP contribution in [0, 0.1) is 5.82 Å². The van der Waals surface area contributed by atoms with Crippen molar-refractivity contribution in [1.82, 2.24) is 4.31 Å². The number of hydrogen-bond donors (Lipinski definition) is 1. The number of halogens is 1. The van der Waals surface area contributed by atoms with Crippen LogP contribution >= 0.6 is 0 Å². The molecule has 8 heteroatoms. The van der Waals surface area contributed by atoms with E-state index < -0.39 is 21.9 Å². The van der Waals surface area contributed by atoms with Crippen molar-refractivity contribution < 1.29 is 27.4 Å². The van der Waals surface area contributed by atoms with Gasteiger partial charge in [-0.25, -0.2) is 17.1 Å². The van der Waals surface area contributed by atoms with Crippen molar-refractivity contribution in [3.8, 4) is 11.5 Å². The van der Waals surface area contributed by atoms with Gasteiger partial charge in [0.05, 0.1) is 19.0 Å². The number of nitrogens with zero attached hydrogens (tertiary/aromatic N) is 1. The summed E-state index contributed by atoms with van der Waals surface area (Å²) >= 11 is 0. The molecule has 0 heterocycles. The van der Waals surface area contributed by atoms with Gasteiger partial charge in [-0.1, -0.05) is 12.1 Å². The third kappa shape index (κ3) is 5.69. The zero-order valence-corrected chi connectivity index (χ0v) is 15.4. The van der Waals surface area contributed by atoms with Gasteiger partial charge in [0.1, 0.15) is 23.9 Å². The summed E-state index contributed by atoms with van der Waals surface area (Å²) in [6.07, 6.45) is -0.983. The maximum atomic E-state index is 12.8. The Morgan fingerprint density at radius 3 is 2.50 bits per heavy atom. The molecule has 26 heavy (non-hydrogen) atoms. The van der Waals surface area contributed by atoms with Gasteiger partial charge in [0, 0.05) is 13.6 Å². The van der Waals surface area contributed by atoms with Crippen LogP contribution in [0.25, 0.3) is 0 Å². The van der Waals surface area contributed by atoms with E-state index in [0.717, 1.165) is 4.31 Å². The summed E-state index contributed by atoms with van der Waals surface area (Å²) in [7, 11) is -0.698. The summed E-state index contributed by atoms with van der Waals surface area (Å²) in [4.78, 5) is 0. The Hall–Kier alpha value is -2.16. The van der Waals surface area contributed by atoms with Crippen molar-refractivity contribution in [2.24, 2.45) is 0 Å². The van der Waals surface area contributed by atoms with Crippen molar-refractivity contribution in [3.63, 3.8) is 0 Å². The van der Waals surface area contributed by atoms with Crippen molar-refractivity contribution in [3.05, 3.63) is 59.9 Å². The molecule has 1 unspecified atom stereocenters. The van der Waals surface area contributed by atoms with Crippen LogP contribution in [0.3, 0.4) is 0 Å². The number of hydrogen-bond acceptors (Lipinski definition) is 5. The Balaban J connectivity index is 1.89. The smallest absolute Gasteiger partial charge is 0.217 e. The Kier molecular flexibility index (Phi) is 6.96. The molecule has 2 aromatic rings. The van der Waals surface area contributed by atoms with Crippen molar-refractivity contribution >= 4 is 10.0 Å².